The first-order chi connectivity index (χ1) is 9.46. The third kappa shape index (κ3) is 2.19. The van der Waals surface area contributed by atoms with Crippen LogP contribution in [0.3, 0.4) is 0 Å². The topological polar surface area (TPSA) is 46.5 Å². The van der Waals surface area contributed by atoms with Crippen LogP contribution in [0.4, 0.5) is 0 Å². The molecule has 3 nitrogen and oxygen atoms in total. The van der Waals surface area contributed by atoms with E-state index in [1.54, 1.807) is 7.11 Å². The third-order valence-corrected chi connectivity index (χ3v) is 4.57. The summed E-state index contributed by atoms with van der Waals surface area (Å²) in [5, 5.41) is 9.63. The van der Waals surface area contributed by atoms with Crippen LogP contribution < -0.4 is 4.74 Å². The molecule has 0 amide bonds. The van der Waals surface area contributed by atoms with Crippen molar-refractivity contribution in [3.8, 4) is 5.75 Å². The molecule has 0 bridgehead atoms. The number of benzene rings is 1. The van der Waals surface area contributed by atoms with E-state index in [2.05, 4.69) is 26.8 Å². The van der Waals surface area contributed by atoms with Gasteiger partial charge in [0.15, 0.2) is 0 Å². The molecule has 20 heavy (non-hydrogen) atoms. The predicted octanol–water partition coefficient (Wildman–Crippen LogP) is 3.89. The second kappa shape index (κ2) is 5.47. The molecule has 0 atom stereocenters. The van der Waals surface area contributed by atoms with E-state index in [-0.39, 0.29) is 0 Å². The van der Waals surface area contributed by atoms with Crippen LogP contribution in [0.1, 0.15) is 62.6 Å². The Morgan fingerprint density at radius 3 is 2.40 bits per heavy atom. The fourth-order valence-electron chi connectivity index (χ4n) is 3.09. The number of carboxylic acid groups (broad SMARTS) is 1. The number of carboxylic acids is 1. The number of rotatable bonds is 5. The lowest BCUT2D eigenvalue weighted by Gasteiger charge is -2.39. The van der Waals surface area contributed by atoms with E-state index in [1.807, 2.05) is 6.07 Å². The molecule has 0 aromatic heterocycles. The van der Waals surface area contributed by atoms with Gasteiger partial charge in [0.05, 0.1) is 12.5 Å². The van der Waals surface area contributed by atoms with Gasteiger partial charge < -0.3 is 9.84 Å². The highest BCUT2D eigenvalue weighted by Crippen LogP contribution is 2.46. The maximum Gasteiger partial charge on any atom is 0.314 e. The van der Waals surface area contributed by atoms with Crippen molar-refractivity contribution in [1.82, 2.24) is 0 Å². The van der Waals surface area contributed by atoms with E-state index >= 15 is 0 Å². The highest BCUT2D eigenvalue weighted by atomic mass is 16.5. The average Bonchev–Trinajstić information content (AvgIpc) is 2.35. The van der Waals surface area contributed by atoms with Crippen molar-refractivity contribution < 1.29 is 14.6 Å². The number of aliphatic carboxylic acids is 1. The quantitative estimate of drug-likeness (QED) is 0.887. The average molecular weight is 276 g/mol. The minimum Gasteiger partial charge on any atom is -0.496 e. The lowest BCUT2D eigenvalue weighted by molar-refractivity contribution is -0.147. The molecular weight excluding hydrogens is 252 g/mol. The maximum atomic E-state index is 11.7. The Balaban J connectivity index is 2.60. The lowest BCUT2D eigenvalue weighted by Crippen LogP contribution is -2.42. The lowest BCUT2D eigenvalue weighted by atomic mass is 9.64. The van der Waals surface area contributed by atoms with Gasteiger partial charge >= 0.3 is 5.97 Å². The molecule has 0 radical (unpaired) electrons. The van der Waals surface area contributed by atoms with Gasteiger partial charge in [-0.3, -0.25) is 4.79 Å². The molecule has 110 valence electrons. The van der Waals surface area contributed by atoms with E-state index in [0.717, 1.165) is 48.1 Å². The third-order valence-electron chi connectivity index (χ3n) is 4.57. The van der Waals surface area contributed by atoms with E-state index in [4.69, 9.17) is 4.74 Å². The molecule has 1 fully saturated rings. The van der Waals surface area contributed by atoms with Gasteiger partial charge in [-0.2, -0.15) is 0 Å². The molecule has 1 saturated carbocycles. The molecule has 0 unspecified atom stereocenters. The minimum absolute atomic E-state index is 0.320. The van der Waals surface area contributed by atoms with Crippen LogP contribution in [-0.2, 0) is 16.6 Å². The first-order valence-corrected chi connectivity index (χ1v) is 7.41. The zero-order valence-electron chi connectivity index (χ0n) is 12.8. The molecular formula is C17H24O3. The zero-order chi connectivity index (χ0) is 14.9. The first-order valence-electron chi connectivity index (χ1n) is 7.41. The Bertz CT molecular complexity index is 513. The van der Waals surface area contributed by atoms with Crippen molar-refractivity contribution in [3.63, 3.8) is 0 Å². The van der Waals surface area contributed by atoms with Crippen LogP contribution in [0, 0.1) is 0 Å². The monoisotopic (exact) mass is 276 g/mol. The smallest absolute Gasteiger partial charge is 0.314 e. The summed E-state index contributed by atoms with van der Waals surface area (Å²) in [6.07, 6.45) is 3.34. The van der Waals surface area contributed by atoms with Crippen LogP contribution in [-0.4, -0.2) is 18.2 Å². The molecule has 1 aromatic rings. The minimum atomic E-state index is -0.689. The van der Waals surface area contributed by atoms with E-state index < -0.39 is 11.4 Å². The van der Waals surface area contributed by atoms with Gasteiger partial charge in [0.25, 0.3) is 0 Å². The number of carbonyl (C=O) groups is 1. The molecule has 2 rings (SSSR count). The molecule has 1 N–H and O–H groups in total. The van der Waals surface area contributed by atoms with Crippen LogP contribution in [0.5, 0.6) is 5.75 Å². The molecule has 0 aliphatic heterocycles. The largest absolute Gasteiger partial charge is 0.496 e. The molecule has 3 heteroatoms. The predicted molar refractivity (Wildman–Crippen MR) is 79.6 cm³/mol. The van der Waals surface area contributed by atoms with Crippen LogP contribution in [0.2, 0.25) is 0 Å². The van der Waals surface area contributed by atoms with Crippen molar-refractivity contribution >= 4 is 5.97 Å². The molecule has 0 heterocycles. The summed E-state index contributed by atoms with van der Waals surface area (Å²) in [5.74, 6) is 0.554. The number of aryl methyl sites for hydroxylation is 1. The highest BCUT2D eigenvalue weighted by molar-refractivity contribution is 5.83. The van der Waals surface area contributed by atoms with Crippen molar-refractivity contribution in [2.24, 2.45) is 0 Å². The molecule has 0 saturated heterocycles. The summed E-state index contributed by atoms with van der Waals surface area (Å²) >= 11 is 0. The SMILES string of the molecule is CCc1cc(C2(C(=O)O)CCC2)cc(C(C)C)c1OC. The number of ether oxygens (including phenoxy) is 1. The number of hydrogen-bond acceptors (Lipinski definition) is 2. The summed E-state index contributed by atoms with van der Waals surface area (Å²) in [7, 11) is 1.69. The van der Waals surface area contributed by atoms with Crippen molar-refractivity contribution in [2.45, 2.75) is 57.8 Å². The maximum absolute atomic E-state index is 11.7. The molecule has 1 aliphatic carbocycles. The van der Waals surface area contributed by atoms with Crippen molar-refractivity contribution in [1.29, 1.82) is 0 Å². The van der Waals surface area contributed by atoms with Gasteiger partial charge in [-0.05, 0) is 41.9 Å². The second-order valence-corrected chi connectivity index (χ2v) is 6.01. The highest BCUT2D eigenvalue weighted by Gasteiger charge is 2.46. The normalized spacial score (nSPS) is 16.9. The first kappa shape index (κ1) is 14.9. The van der Waals surface area contributed by atoms with Gasteiger partial charge in [-0.15, -0.1) is 0 Å². The number of methoxy groups -OCH3 is 1. The fourth-order valence-corrected chi connectivity index (χ4v) is 3.09. The zero-order valence-corrected chi connectivity index (χ0v) is 12.8. The summed E-state index contributed by atoms with van der Waals surface area (Å²) in [5.41, 5.74) is 2.52. The van der Waals surface area contributed by atoms with E-state index in [0.29, 0.717) is 5.92 Å². The Morgan fingerprint density at radius 2 is 2.05 bits per heavy atom. The molecule has 0 spiro atoms. The standard InChI is InChI=1S/C17H24O3/c1-5-12-9-13(17(16(18)19)7-6-8-17)10-14(11(2)3)15(12)20-4/h9-11H,5-8H2,1-4H3,(H,18,19). The van der Waals surface area contributed by atoms with Crippen molar-refractivity contribution in [2.75, 3.05) is 7.11 Å². The van der Waals surface area contributed by atoms with Gasteiger partial charge in [0.1, 0.15) is 5.75 Å². The summed E-state index contributed by atoms with van der Waals surface area (Å²) in [6, 6.07) is 4.09. The van der Waals surface area contributed by atoms with Gasteiger partial charge in [0, 0.05) is 0 Å². The molecule has 1 aromatic carbocycles. The Hall–Kier alpha value is -1.51. The Labute approximate surface area is 121 Å². The van der Waals surface area contributed by atoms with E-state index in [1.165, 1.54) is 0 Å². The summed E-state index contributed by atoms with van der Waals surface area (Å²) < 4.78 is 5.56. The Morgan fingerprint density at radius 1 is 1.40 bits per heavy atom. The second-order valence-electron chi connectivity index (χ2n) is 6.01. The van der Waals surface area contributed by atoms with Gasteiger partial charge in [-0.1, -0.05) is 39.3 Å². The van der Waals surface area contributed by atoms with Crippen molar-refractivity contribution in [3.05, 3.63) is 28.8 Å². The Kier molecular flexibility index (Phi) is 4.07. The fraction of sp³-hybridized carbons (Fsp3) is 0.588. The number of hydrogen-bond donors (Lipinski definition) is 1. The molecule has 1 aliphatic rings. The van der Waals surface area contributed by atoms with Gasteiger partial charge in [-0.25, -0.2) is 0 Å². The summed E-state index contributed by atoms with van der Waals surface area (Å²) in [4.78, 5) is 11.7. The van der Waals surface area contributed by atoms with E-state index in [9.17, 15) is 9.90 Å². The van der Waals surface area contributed by atoms with Crippen LogP contribution in [0.15, 0.2) is 12.1 Å². The van der Waals surface area contributed by atoms with Crippen LogP contribution in [0.25, 0.3) is 0 Å². The van der Waals surface area contributed by atoms with Crippen LogP contribution >= 0.6 is 0 Å². The summed E-state index contributed by atoms with van der Waals surface area (Å²) in [6.45, 7) is 6.32. The van der Waals surface area contributed by atoms with Gasteiger partial charge in [0.2, 0.25) is 0 Å².